The van der Waals surface area contributed by atoms with Crippen LogP contribution in [-0.2, 0) is 4.79 Å². The van der Waals surface area contributed by atoms with E-state index in [0.717, 1.165) is 25.4 Å². The molecule has 1 heterocycles. The molecule has 1 aliphatic heterocycles. The fraction of sp³-hybridized carbons (Fsp3) is 0.917. The Kier molecular flexibility index (Phi) is 5.09. The first-order valence-corrected chi connectivity index (χ1v) is 6.09. The Hall–Kier alpha value is -0.570. The SMILES string of the molecule is CCC1CCC(C)N(CCCC(=O)O)C1. The highest BCUT2D eigenvalue weighted by molar-refractivity contribution is 5.66. The molecular weight excluding hydrogens is 190 g/mol. The second kappa shape index (κ2) is 6.11. The van der Waals surface area contributed by atoms with Gasteiger partial charge in [0, 0.05) is 19.0 Å². The number of likely N-dealkylation sites (tertiary alicyclic amines) is 1. The van der Waals surface area contributed by atoms with E-state index in [1.54, 1.807) is 0 Å². The zero-order chi connectivity index (χ0) is 11.3. The quantitative estimate of drug-likeness (QED) is 0.762. The van der Waals surface area contributed by atoms with Gasteiger partial charge in [0.25, 0.3) is 0 Å². The van der Waals surface area contributed by atoms with Crippen LogP contribution in [0.5, 0.6) is 0 Å². The molecule has 1 N–H and O–H groups in total. The molecule has 0 radical (unpaired) electrons. The van der Waals surface area contributed by atoms with Crippen LogP contribution in [0.25, 0.3) is 0 Å². The van der Waals surface area contributed by atoms with E-state index in [1.807, 2.05) is 0 Å². The Morgan fingerprint density at radius 2 is 2.20 bits per heavy atom. The van der Waals surface area contributed by atoms with E-state index in [1.165, 1.54) is 19.3 Å². The van der Waals surface area contributed by atoms with Gasteiger partial charge in [0.2, 0.25) is 0 Å². The number of rotatable bonds is 5. The molecule has 1 fully saturated rings. The number of carboxylic acid groups (broad SMARTS) is 1. The molecule has 1 rings (SSSR count). The van der Waals surface area contributed by atoms with Crippen LogP contribution < -0.4 is 0 Å². The van der Waals surface area contributed by atoms with Crippen molar-refractivity contribution in [2.75, 3.05) is 13.1 Å². The van der Waals surface area contributed by atoms with Crippen molar-refractivity contribution < 1.29 is 9.90 Å². The van der Waals surface area contributed by atoms with Gasteiger partial charge in [-0.1, -0.05) is 13.3 Å². The van der Waals surface area contributed by atoms with Gasteiger partial charge in [0.05, 0.1) is 0 Å². The lowest BCUT2D eigenvalue weighted by Crippen LogP contribution is -2.42. The number of hydrogen-bond donors (Lipinski definition) is 1. The molecule has 0 amide bonds. The first-order valence-electron chi connectivity index (χ1n) is 6.09. The highest BCUT2D eigenvalue weighted by Gasteiger charge is 2.23. The number of carbonyl (C=O) groups is 1. The Balaban J connectivity index is 2.28. The van der Waals surface area contributed by atoms with Gasteiger partial charge in [-0.15, -0.1) is 0 Å². The maximum Gasteiger partial charge on any atom is 0.303 e. The van der Waals surface area contributed by atoms with Crippen molar-refractivity contribution in [3.8, 4) is 0 Å². The average molecular weight is 213 g/mol. The van der Waals surface area contributed by atoms with Crippen molar-refractivity contribution in [3.63, 3.8) is 0 Å². The van der Waals surface area contributed by atoms with Gasteiger partial charge < -0.3 is 10.0 Å². The van der Waals surface area contributed by atoms with Crippen molar-refractivity contribution in [1.29, 1.82) is 0 Å². The molecule has 0 aromatic rings. The molecule has 88 valence electrons. The highest BCUT2D eigenvalue weighted by Crippen LogP contribution is 2.24. The monoisotopic (exact) mass is 213 g/mol. The molecule has 0 aromatic carbocycles. The van der Waals surface area contributed by atoms with Crippen molar-refractivity contribution >= 4 is 5.97 Å². The van der Waals surface area contributed by atoms with E-state index in [0.29, 0.717) is 12.5 Å². The summed E-state index contributed by atoms with van der Waals surface area (Å²) in [6, 6.07) is 0.640. The average Bonchev–Trinajstić information content (AvgIpc) is 2.20. The number of aliphatic carboxylic acids is 1. The molecule has 0 aromatic heterocycles. The summed E-state index contributed by atoms with van der Waals surface area (Å²) in [5.41, 5.74) is 0. The van der Waals surface area contributed by atoms with E-state index >= 15 is 0 Å². The van der Waals surface area contributed by atoms with Gasteiger partial charge in [-0.05, 0) is 38.6 Å². The van der Waals surface area contributed by atoms with Crippen LogP contribution >= 0.6 is 0 Å². The molecular formula is C12H23NO2. The minimum atomic E-state index is -0.674. The molecule has 0 spiro atoms. The second-order valence-corrected chi connectivity index (χ2v) is 4.69. The van der Waals surface area contributed by atoms with Crippen LogP contribution in [0.3, 0.4) is 0 Å². The lowest BCUT2D eigenvalue weighted by Gasteiger charge is -2.37. The van der Waals surface area contributed by atoms with Gasteiger partial charge in [0.1, 0.15) is 0 Å². The van der Waals surface area contributed by atoms with Gasteiger partial charge in [-0.25, -0.2) is 0 Å². The normalized spacial score (nSPS) is 27.9. The highest BCUT2D eigenvalue weighted by atomic mass is 16.4. The topological polar surface area (TPSA) is 40.5 Å². The third kappa shape index (κ3) is 4.20. The maximum atomic E-state index is 10.4. The van der Waals surface area contributed by atoms with Crippen molar-refractivity contribution in [2.24, 2.45) is 5.92 Å². The molecule has 2 atom stereocenters. The fourth-order valence-electron chi connectivity index (χ4n) is 2.34. The number of hydrogen-bond acceptors (Lipinski definition) is 2. The fourth-order valence-corrected chi connectivity index (χ4v) is 2.34. The number of piperidine rings is 1. The molecule has 3 nitrogen and oxygen atoms in total. The first-order chi connectivity index (χ1) is 7.13. The summed E-state index contributed by atoms with van der Waals surface area (Å²) in [7, 11) is 0. The molecule has 3 heteroatoms. The minimum Gasteiger partial charge on any atom is -0.481 e. The van der Waals surface area contributed by atoms with Crippen LogP contribution in [0.2, 0.25) is 0 Å². The standard InChI is InChI=1S/C12H23NO2/c1-3-11-7-6-10(2)13(9-11)8-4-5-12(14)15/h10-11H,3-9H2,1-2H3,(H,14,15). The Labute approximate surface area is 92.5 Å². The summed E-state index contributed by atoms with van der Waals surface area (Å²) >= 11 is 0. The molecule has 15 heavy (non-hydrogen) atoms. The summed E-state index contributed by atoms with van der Waals surface area (Å²) in [4.78, 5) is 12.9. The van der Waals surface area contributed by atoms with E-state index in [2.05, 4.69) is 18.7 Å². The minimum absolute atomic E-state index is 0.306. The van der Waals surface area contributed by atoms with Crippen molar-refractivity contribution in [1.82, 2.24) is 4.90 Å². The molecule has 0 aliphatic carbocycles. The zero-order valence-corrected chi connectivity index (χ0v) is 9.91. The lowest BCUT2D eigenvalue weighted by molar-refractivity contribution is -0.137. The van der Waals surface area contributed by atoms with E-state index in [4.69, 9.17) is 5.11 Å². The van der Waals surface area contributed by atoms with Crippen LogP contribution in [0.1, 0.15) is 46.0 Å². The Morgan fingerprint density at radius 1 is 1.47 bits per heavy atom. The largest absolute Gasteiger partial charge is 0.481 e. The third-order valence-electron chi connectivity index (χ3n) is 3.52. The number of carboxylic acids is 1. The molecule has 0 saturated carbocycles. The first kappa shape index (κ1) is 12.5. The second-order valence-electron chi connectivity index (χ2n) is 4.69. The summed E-state index contributed by atoms with van der Waals surface area (Å²) in [6.45, 7) is 6.62. The van der Waals surface area contributed by atoms with Crippen LogP contribution in [0.4, 0.5) is 0 Å². The van der Waals surface area contributed by atoms with E-state index in [-0.39, 0.29) is 0 Å². The number of nitrogens with zero attached hydrogens (tertiary/aromatic N) is 1. The van der Waals surface area contributed by atoms with Crippen molar-refractivity contribution in [3.05, 3.63) is 0 Å². The van der Waals surface area contributed by atoms with Crippen LogP contribution in [0.15, 0.2) is 0 Å². The predicted molar refractivity (Wildman–Crippen MR) is 60.9 cm³/mol. The third-order valence-corrected chi connectivity index (χ3v) is 3.52. The van der Waals surface area contributed by atoms with E-state index in [9.17, 15) is 4.79 Å². The van der Waals surface area contributed by atoms with Gasteiger partial charge in [-0.3, -0.25) is 4.79 Å². The van der Waals surface area contributed by atoms with Gasteiger partial charge in [0.15, 0.2) is 0 Å². The van der Waals surface area contributed by atoms with Crippen LogP contribution in [-0.4, -0.2) is 35.1 Å². The molecule has 1 aliphatic rings. The summed E-state index contributed by atoms with van der Waals surface area (Å²) in [5, 5.41) is 8.59. The predicted octanol–water partition coefficient (Wildman–Crippen LogP) is 2.36. The smallest absolute Gasteiger partial charge is 0.303 e. The molecule has 2 unspecified atom stereocenters. The van der Waals surface area contributed by atoms with Crippen molar-refractivity contribution in [2.45, 2.75) is 52.0 Å². The molecule has 1 saturated heterocycles. The summed E-state index contributed by atoms with van der Waals surface area (Å²) < 4.78 is 0. The van der Waals surface area contributed by atoms with E-state index < -0.39 is 5.97 Å². The summed E-state index contributed by atoms with van der Waals surface area (Å²) in [5.74, 6) is 0.151. The zero-order valence-electron chi connectivity index (χ0n) is 9.91. The van der Waals surface area contributed by atoms with Crippen LogP contribution in [0, 0.1) is 5.92 Å². The maximum absolute atomic E-state index is 10.4. The van der Waals surface area contributed by atoms with Gasteiger partial charge in [-0.2, -0.15) is 0 Å². The Morgan fingerprint density at radius 3 is 2.80 bits per heavy atom. The summed E-state index contributed by atoms with van der Waals surface area (Å²) in [6.07, 6.45) is 4.96. The molecule has 0 bridgehead atoms. The van der Waals surface area contributed by atoms with Gasteiger partial charge >= 0.3 is 5.97 Å². The lowest BCUT2D eigenvalue weighted by atomic mass is 9.91. The Bertz CT molecular complexity index is 206.